The van der Waals surface area contributed by atoms with Crippen LogP contribution in [-0.4, -0.2) is 65.3 Å². The molecule has 9 nitrogen and oxygen atoms in total. The molecular weight excluding hydrogens is 566 g/mol. The highest BCUT2D eigenvalue weighted by atomic mass is 35.5. The van der Waals surface area contributed by atoms with Gasteiger partial charge in [0.2, 0.25) is 10.0 Å². The Morgan fingerprint density at radius 3 is 2.56 bits per heavy atom. The fourth-order valence-electron chi connectivity index (χ4n) is 5.34. The molecule has 2 aliphatic rings. The van der Waals surface area contributed by atoms with Crippen LogP contribution >= 0.6 is 23.2 Å². The summed E-state index contributed by atoms with van der Waals surface area (Å²) in [5.74, 6) is 0.358. The molecule has 0 radical (unpaired) electrons. The van der Waals surface area contributed by atoms with Gasteiger partial charge in [-0.2, -0.15) is 5.10 Å². The Labute approximate surface area is 235 Å². The molecule has 1 atom stereocenters. The van der Waals surface area contributed by atoms with E-state index in [1.165, 1.54) is 16.6 Å². The van der Waals surface area contributed by atoms with Crippen LogP contribution in [0.25, 0.3) is 22.2 Å². The van der Waals surface area contributed by atoms with Crippen LogP contribution in [-0.2, 0) is 10.0 Å². The standard InChI is InChI=1S/C26H25Cl2FN6O3S/c1-14-23(28)22(19(27)9-30-14)15(2)38-17-4-5-21-18(7-17)24(33-32-21)16-6-20(29)25(31-8-16)34-10-26(11-34)12-35(13-26)39(3,36)37/h4-9,15H,10-13H2,1-3H3,(H,32,33)/t15-/m1/s1. The highest BCUT2D eigenvalue weighted by Gasteiger charge is 2.55. The summed E-state index contributed by atoms with van der Waals surface area (Å²) < 4.78 is 46.2. The molecule has 0 saturated carbocycles. The Morgan fingerprint density at radius 2 is 1.87 bits per heavy atom. The number of fused-ring (bicyclic) bond motifs is 1. The number of halogens is 3. The van der Waals surface area contributed by atoms with Gasteiger partial charge in [0.05, 0.1) is 27.5 Å². The zero-order valence-corrected chi connectivity index (χ0v) is 23.7. The number of aromatic amines is 1. The first kappa shape index (κ1) is 26.2. The highest BCUT2D eigenvalue weighted by Crippen LogP contribution is 2.43. The van der Waals surface area contributed by atoms with Gasteiger partial charge in [-0.15, -0.1) is 0 Å². The van der Waals surface area contributed by atoms with Gasteiger partial charge in [0.25, 0.3) is 0 Å². The SMILES string of the molecule is Cc1ncc(Cl)c([C@@H](C)Oc2ccc3[nH]nc(-c4cnc(N5CC6(C5)CN(S(C)(=O)=O)C6)c(F)c4)c3c2)c1Cl. The zero-order valence-electron chi connectivity index (χ0n) is 21.4. The maximum atomic E-state index is 15.2. The molecule has 2 fully saturated rings. The molecule has 5 heterocycles. The van der Waals surface area contributed by atoms with E-state index in [-0.39, 0.29) is 11.2 Å². The predicted octanol–water partition coefficient (Wildman–Crippen LogP) is 5.00. The van der Waals surface area contributed by atoms with E-state index in [4.69, 9.17) is 27.9 Å². The van der Waals surface area contributed by atoms with Crippen LogP contribution < -0.4 is 9.64 Å². The van der Waals surface area contributed by atoms with Gasteiger partial charge < -0.3 is 9.64 Å². The summed E-state index contributed by atoms with van der Waals surface area (Å²) >= 11 is 12.8. The number of nitrogens with one attached hydrogen (secondary N) is 1. The third-order valence-corrected chi connectivity index (χ3v) is 9.35. The first-order valence-corrected chi connectivity index (χ1v) is 14.9. The fourth-order valence-corrected chi connectivity index (χ4v) is 7.01. The van der Waals surface area contributed by atoms with Crippen LogP contribution in [0.2, 0.25) is 10.0 Å². The smallest absolute Gasteiger partial charge is 0.211 e. The van der Waals surface area contributed by atoms with Gasteiger partial charge in [0, 0.05) is 60.5 Å². The second-order valence-electron chi connectivity index (χ2n) is 10.4. The molecule has 0 unspecified atom stereocenters. The summed E-state index contributed by atoms with van der Waals surface area (Å²) in [4.78, 5) is 10.4. The number of aromatic nitrogens is 4. The van der Waals surface area contributed by atoms with E-state index in [9.17, 15) is 8.42 Å². The molecule has 1 spiro atoms. The van der Waals surface area contributed by atoms with Crippen molar-refractivity contribution in [3.05, 3.63) is 63.8 Å². The number of ether oxygens (including phenoxy) is 1. The van der Waals surface area contributed by atoms with E-state index in [2.05, 4.69) is 20.2 Å². The average molecular weight is 591 g/mol. The molecule has 3 aromatic heterocycles. The van der Waals surface area contributed by atoms with Crippen LogP contribution in [0.1, 0.15) is 24.3 Å². The Morgan fingerprint density at radius 1 is 1.13 bits per heavy atom. The van der Waals surface area contributed by atoms with Crippen LogP contribution in [0.4, 0.5) is 10.2 Å². The first-order chi connectivity index (χ1) is 18.4. The summed E-state index contributed by atoms with van der Waals surface area (Å²) in [6.07, 6.45) is 3.91. The van der Waals surface area contributed by atoms with Gasteiger partial charge in [0.15, 0.2) is 11.6 Å². The van der Waals surface area contributed by atoms with E-state index in [1.54, 1.807) is 19.3 Å². The van der Waals surface area contributed by atoms with Crippen LogP contribution in [0.15, 0.2) is 36.7 Å². The van der Waals surface area contributed by atoms with Crippen molar-refractivity contribution in [1.82, 2.24) is 24.5 Å². The van der Waals surface area contributed by atoms with Crippen LogP contribution in [0.3, 0.4) is 0 Å². The Balaban J connectivity index is 1.21. The maximum absolute atomic E-state index is 15.2. The van der Waals surface area contributed by atoms with E-state index >= 15 is 4.39 Å². The van der Waals surface area contributed by atoms with Gasteiger partial charge in [-0.3, -0.25) is 10.1 Å². The lowest BCUT2D eigenvalue weighted by Gasteiger charge is -2.59. The van der Waals surface area contributed by atoms with Gasteiger partial charge in [-0.25, -0.2) is 22.1 Å². The number of benzene rings is 1. The molecule has 39 heavy (non-hydrogen) atoms. The lowest BCUT2D eigenvalue weighted by Crippen LogP contribution is -2.73. The van der Waals surface area contributed by atoms with Crippen molar-refractivity contribution < 1.29 is 17.5 Å². The van der Waals surface area contributed by atoms with Crippen molar-refractivity contribution >= 4 is 49.9 Å². The van der Waals surface area contributed by atoms with Crippen molar-refractivity contribution in [2.75, 3.05) is 37.3 Å². The monoisotopic (exact) mass is 590 g/mol. The summed E-state index contributed by atoms with van der Waals surface area (Å²) in [5.41, 5.74) is 3.01. The number of hydrogen-bond donors (Lipinski definition) is 1. The van der Waals surface area contributed by atoms with Gasteiger partial charge in [-0.1, -0.05) is 23.2 Å². The molecule has 4 aromatic rings. The van der Waals surface area contributed by atoms with E-state index in [0.29, 0.717) is 64.5 Å². The van der Waals surface area contributed by atoms with Crippen molar-refractivity contribution in [3.63, 3.8) is 0 Å². The molecule has 0 bridgehead atoms. The summed E-state index contributed by atoms with van der Waals surface area (Å²) in [7, 11) is -3.19. The number of pyridine rings is 2. The quantitative estimate of drug-likeness (QED) is 0.337. The molecule has 6 rings (SSSR count). The molecule has 1 N–H and O–H groups in total. The third-order valence-electron chi connectivity index (χ3n) is 7.38. The van der Waals surface area contributed by atoms with E-state index in [0.717, 1.165) is 10.9 Å². The van der Waals surface area contributed by atoms with Gasteiger partial charge in [-0.05, 0) is 38.1 Å². The molecule has 13 heteroatoms. The minimum Gasteiger partial charge on any atom is -0.486 e. The molecule has 0 aliphatic carbocycles. The van der Waals surface area contributed by atoms with Crippen molar-refractivity contribution in [2.45, 2.75) is 20.0 Å². The number of sulfonamides is 1. The second-order valence-corrected chi connectivity index (χ2v) is 13.1. The number of rotatable bonds is 6. The molecular formula is C26H25Cl2FN6O3S. The average Bonchev–Trinajstić information content (AvgIpc) is 3.23. The van der Waals surface area contributed by atoms with Gasteiger partial charge in [0.1, 0.15) is 17.5 Å². The van der Waals surface area contributed by atoms with E-state index in [1.807, 2.05) is 30.0 Å². The Hall–Kier alpha value is -2.99. The molecule has 2 aliphatic heterocycles. The highest BCUT2D eigenvalue weighted by molar-refractivity contribution is 7.88. The third kappa shape index (κ3) is 4.61. The normalized spacial score (nSPS) is 17.7. The zero-order chi connectivity index (χ0) is 27.7. The van der Waals surface area contributed by atoms with Crippen molar-refractivity contribution in [3.8, 4) is 17.0 Å². The van der Waals surface area contributed by atoms with E-state index < -0.39 is 21.9 Å². The largest absolute Gasteiger partial charge is 0.486 e. The van der Waals surface area contributed by atoms with Crippen molar-refractivity contribution in [1.29, 1.82) is 0 Å². The Bertz CT molecular complexity index is 1720. The minimum absolute atomic E-state index is 0.120. The van der Waals surface area contributed by atoms with Crippen LogP contribution in [0, 0.1) is 18.2 Å². The minimum atomic E-state index is -3.19. The number of anilines is 1. The maximum Gasteiger partial charge on any atom is 0.211 e. The lowest BCUT2D eigenvalue weighted by atomic mass is 9.74. The number of hydrogen-bond acceptors (Lipinski definition) is 7. The fraction of sp³-hybridized carbons (Fsp3) is 0.346. The Kier molecular flexibility index (Phi) is 6.25. The predicted molar refractivity (Wildman–Crippen MR) is 148 cm³/mol. The summed E-state index contributed by atoms with van der Waals surface area (Å²) in [5, 5.41) is 9.00. The van der Waals surface area contributed by atoms with Crippen LogP contribution in [0.5, 0.6) is 5.75 Å². The number of nitrogens with zero attached hydrogens (tertiary/aromatic N) is 5. The number of aryl methyl sites for hydroxylation is 1. The second kappa shape index (κ2) is 9.29. The topological polar surface area (TPSA) is 104 Å². The summed E-state index contributed by atoms with van der Waals surface area (Å²) in [6, 6.07) is 6.90. The molecule has 0 amide bonds. The van der Waals surface area contributed by atoms with Gasteiger partial charge >= 0.3 is 0 Å². The lowest BCUT2D eigenvalue weighted by molar-refractivity contribution is 0.0390. The molecule has 2 saturated heterocycles. The number of H-pyrrole nitrogens is 1. The summed E-state index contributed by atoms with van der Waals surface area (Å²) in [6.45, 7) is 5.71. The molecule has 1 aromatic carbocycles. The van der Waals surface area contributed by atoms with Crippen molar-refractivity contribution in [2.24, 2.45) is 5.41 Å². The molecule has 204 valence electrons. The first-order valence-electron chi connectivity index (χ1n) is 12.3.